The van der Waals surface area contributed by atoms with Crippen molar-refractivity contribution in [2.24, 2.45) is 0 Å². The molecule has 2 nitrogen and oxygen atoms in total. The van der Waals surface area contributed by atoms with Crippen LogP contribution in [-0.4, -0.2) is 5.97 Å². The molecular weight excluding hydrogens is 380 g/mol. The van der Waals surface area contributed by atoms with Crippen LogP contribution in [-0.2, 0) is 17.6 Å². The lowest BCUT2D eigenvalue weighted by atomic mass is 9.91. The molecule has 0 aliphatic heterocycles. The summed E-state index contributed by atoms with van der Waals surface area (Å²) in [5.41, 5.74) is 4.93. The molecule has 2 heteroatoms. The molecular formula is C29H38O2. The van der Waals surface area contributed by atoms with Gasteiger partial charge in [-0.25, -0.2) is 4.79 Å². The van der Waals surface area contributed by atoms with Crippen LogP contribution in [0, 0.1) is 0 Å². The smallest absolute Gasteiger partial charge is 0.335 e. The predicted octanol–water partition coefficient (Wildman–Crippen LogP) is 8.19. The van der Waals surface area contributed by atoms with Gasteiger partial charge in [-0.05, 0) is 54.0 Å². The fraction of sp³-hybridized carbons (Fsp3) is 0.414. The van der Waals surface area contributed by atoms with Crippen molar-refractivity contribution in [1.82, 2.24) is 0 Å². The zero-order valence-electron chi connectivity index (χ0n) is 19.4. The maximum atomic E-state index is 12.0. The summed E-state index contributed by atoms with van der Waals surface area (Å²) < 4.78 is 5.66. The second kappa shape index (κ2) is 14.4. The molecule has 2 aromatic carbocycles. The van der Waals surface area contributed by atoms with Gasteiger partial charge in [0.05, 0.1) is 0 Å². The normalized spacial score (nSPS) is 11.0. The first kappa shape index (κ1) is 24.7. The van der Waals surface area contributed by atoms with Gasteiger partial charge in [-0.1, -0.05) is 108 Å². The number of rotatable bonds is 14. The van der Waals surface area contributed by atoms with Crippen LogP contribution in [0.15, 0.2) is 55.1 Å². The van der Waals surface area contributed by atoms with Crippen LogP contribution >= 0.6 is 0 Å². The van der Waals surface area contributed by atoms with E-state index >= 15 is 0 Å². The predicted molar refractivity (Wildman–Crippen MR) is 133 cm³/mol. The van der Waals surface area contributed by atoms with E-state index in [-0.39, 0.29) is 5.97 Å². The molecule has 0 radical (unpaired) electrons. The van der Waals surface area contributed by atoms with Gasteiger partial charge in [0.1, 0.15) is 5.75 Å². The Labute approximate surface area is 189 Å². The molecule has 0 atom stereocenters. The maximum Gasteiger partial charge on any atom is 0.335 e. The van der Waals surface area contributed by atoms with Crippen molar-refractivity contribution in [2.45, 2.75) is 78.1 Å². The largest absolute Gasteiger partial charge is 0.423 e. The lowest BCUT2D eigenvalue weighted by Crippen LogP contribution is -2.08. The van der Waals surface area contributed by atoms with Crippen molar-refractivity contribution in [3.63, 3.8) is 0 Å². The Hall–Kier alpha value is -2.61. The zero-order chi connectivity index (χ0) is 22.3. The van der Waals surface area contributed by atoms with Crippen LogP contribution in [0.25, 0.3) is 12.2 Å². The standard InChI is InChI=1S/C29H38O2/c1-4-7-9-14-18-26-25(21-20-24-16-12-11-13-17-24)22-23-28(31-29(30)6-3)27(26)19-15-10-8-5-2/h6,11-13,16-17,20-23H,3-5,7-10,14-15,18-19H2,1-2H3. The summed E-state index contributed by atoms with van der Waals surface area (Å²) >= 11 is 0. The average Bonchev–Trinajstić information content (AvgIpc) is 2.80. The molecule has 166 valence electrons. The summed E-state index contributed by atoms with van der Waals surface area (Å²) in [6.45, 7) is 8.03. The first-order valence-electron chi connectivity index (χ1n) is 11.9. The lowest BCUT2D eigenvalue weighted by molar-refractivity contribution is -0.129. The number of carbonyl (C=O) groups excluding carboxylic acids is 1. The van der Waals surface area contributed by atoms with Crippen LogP contribution in [0.1, 0.15) is 87.5 Å². The summed E-state index contributed by atoms with van der Waals surface area (Å²) in [6, 6.07) is 14.4. The van der Waals surface area contributed by atoms with Gasteiger partial charge in [0.15, 0.2) is 0 Å². The van der Waals surface area contributed by atoms with Gasteiger partial charge < -0.3 is 4.74 Å². The number of hydrogen-bond acceptors (Lipinski definition) is 2. The highest BCUT2D eigenvalue weighted by Gasteiger charge is 2.15. The minimum atomic E-state index is -0.390. The monoisotopic (exact) mass is 418 g/mol. The van der Waals surface area contributed by atoms with Crippen molar-refractivity contribution in [2.75, 3.05) is 0 Å². The molecule has 0 heterocycles. The molecule has 0 spiro atoms. The number of carbonyl (C=O) groups is 1. The van der Waals surface area contributed by atoms with Crippen molar-refractivity contribution in [3.05, 3.63) is 77.4 Å². The highest BCUT2D eigenvalue weighted by molar-refractivity contribution is 5.84. The molecule has 0 N–H and O–H groups in total. The quantitative estimate of drug-likeness (QED) is 0.102. The van der Waals surface area contributed by atoms with Gasteiger partial charge in [0.25, 0.3) is 0 Å². The molecule has 2 aromatic rings. The molecule has 0 saturated heterocycles. The van der Waals surface area contributed by atoms with Gasteiger partial charge in [0, 0.05) is 6.08 Å². The lowest BCUT2D eigenvalue weighted by Gasteiger charge is -2.17. The van der Waals surface area contributed by atoms with Crippen molar-refractivity contribution in [1.29, 1.82) is 0 Å². The minimum Gasteiger partial charge on any atom is -0.423 e. The highest BCUT2D eigenvalue weighted by Crippen LogP contribution is 2.31. The summed E-state index contributed by atoms with van der Waals surface area (Å²) in [5, 5.41) is 0. The number of unbranched alkanes of at least 4 members (excludes halogenated alkanes) is 6. The molecule has 2 rings (SSSR count). The van der Waals surface area contributed by atoms with Crippen molar-refractivity contribution < 1.29 is 9.53 Å². The zero-order valence-corrected chi connectivity index (χ0v) is 19.4. The fourth-order valence-electron chi connectivity index (χ4n) is 3.87. The number of hydrogen-bond donors (Lipinski definition) is 0. The van der Waals surface area contributed by atoms with E-state index in [2.05, 4.69) is 62.9 Å². The molecule has 0 saturated carbocycles. The van der Waals surface area contributed by atoms with Gasteiger partial charge in [-0.3, -0.25) is 0 Å². The van der Waals surface area contributed by atoms with Crippen LogP contribution < -0.4 is 4.74 Å². The molecule has 0 aliphatic carbocycles. The Morgan fingerprint density at radius 2 is 1.45 bits per heavy atom. The number of esters is 1. The third-order valence-corrected chi connectivity index (χ3v) is 5.62. The average molecular weight is 419 g/mol. The van der Waals surface area contributed by atoms with E-state index in [1.165, 1.54) is 66.9 Å². The van der Waals surface area contributed by atoms with Crippen LogP contribution in [0.2, 0.25) is 0 Å². The molecule has 0 fully saturated rings. The van der Waals surface area contributed by atoms with Gasteiger partial charge in [-0.15, -0.1) is 0 Å². The van der Waals surface area contributed by atoms with E-state index in [1.807, 2.05) is 12.1 Å². The van der Waals surface area contributed by atoms with Gasteiger partial charge in [-0.2, -0.15) is 0 Å². The van der Waals surface area contributed by atoms with Crippen LogP contribution in [0.5, 0.6) is 5.75 Å². The molecule has 0 aliphatic rings. The molecule has 0 amide bonds. The summed E-state index contributed by atoms with van der Waals surface area (Å²) in [5.74, 6) is 0.308. The fourth-order valence-corrected chi connectivity index (χ4v) is 3.87. The first-order valence-corrected chi connectivity index (χ1v) is 11.9. The minimum absolute atomic E-state index is 0.390. The molecule has 0 unspecified atom stereocenters. The Balaban J connectivity index is 2.39. The Bertz CT molecular complexity index is 833. The second-order valence-electron chi connectivity index (χ2n) is 8.10. The Morgan fingerprint density at radius 3 is 2.06 bits per heavy atom. The van der Waals surface area contributed by atoms with Crippen molar-refractivity contribution in [3.8, 4) is 5.75 Å². The summed E-state index contributed by atoms with van der Waals surface area (Å²) in [4.78, 5) is 12.0. The van der Waals surface area contributed by atoms with E-state index in [4.69, 9.17) is 4.74 Å². The SMILES string of the molecule is C=CC(=O)Oc1ccc(C=Cc2ccccc2)c(CCCCCC)c1CCCCCC. The van der Waals surface area contributed by atoms with E-state index < -0.39 is 0 Å². The second-order valence-corrected chi connectivity index (χ2v) is 8.10. The van der Waals surface area contributed by atoms with E-state index in [1.54, 1.807) is 0 Å². The maximum absolute atomic E-state index is 12.0. The summed E-state index contributed by atoms with van der Waals surface area (Å²) in [7, 11) is 0. The Morgan fingerprint density at radius 1 is 0.806 bits per heavy atom. The molecule has 0 aromatic heterocycles. The third-order valence-electron chi connectivity index (χ3n) is 5.62. The van der Waals surface area contributed by atoms with Gasteiger partial charge in [0.2, 0.25) is 0 Å². The molecule has 0 bridgehead atoms. The number of benzene rings is 2. The topological polar surface area (TPSA) is 26.3 Å². The van der Waals surface area contributed by atoms with E-state index in [0.29, 0.717) is 5.75 Å². The summed E-state index contributed by atoms with van der Waals surface area (Å²) in [6.07, 6.45) is 17.2. The molecule has 31 heavy (non-hydrogen) atoms. The van der Waals surface area contributed by atoms with Crippen LogP contribution in [0.4, 0.5) is 0 Å². The van der Waals surface area contributed by atoms with Crippen LogP contribution in [0.3, 0.4) is 0 Å². The number of ether oxygens (including phenoxy) is 1. The first-order chi connectivity index (χ1) is 15.2. The van der Waals surface area contributed by atoms with Gasteiger partial charge >= 0.3 is 5.97 Å². The van der Waals surface area contributed by atoms with E-state index in [9.17, 15) is 4.79 Å². The van der Waals surface area contributed by atoms with Crippen molar-refractivity contribution >= 4 is 18.1 Å². The third kappa shape index (κ3) is 8.57. The van der Waals surface area contributed by atoms with E-state index in [0.717, 1.165) is 25.7 Å². The Kier molecular flexibility index (Phi) is 11.5. The highest BCUT2D eigenvalue weighted by atomic mass is 16.5.